The van der Waals surface area contributed by atoms with Crippen molar-refractivity contribution in [2.24, 2.45) is 0 Å². The molecule has 1 N–H and O–H groups in total. The molecule has 4 rings (SSSR count). The van der Waals surface area contributed by atoms with Crippen LogP contribution < -0.4 is 0 Å². The van der Waals surface area contributed by atoms with Gasteiger partial charge in [-0.25, -0.2) is 0 Å². The average Bonchev–Trinajstić information content (AvgIpc) is 2.69. The minimum absolute atomic E-state index is 0.0535. The summed E-state index contributed by atoms with van der Waals surface area (Å²) in [5, 5.41) is 10.7. The van der Waals surface area contributed by atoms with E-state index in [1.165, 1.54) is 18.2 Å². The molecule has 144 valence electrons. The Bertz CT molecular complexity index is 1160. The van der Waals surface area contributed by atoms with Crippen LogP contribution in [0.2, 0.25) is 0 Å². The zero-order valence-electron chi connectivity index (χ0n) is 14.7. The molecule has 4 aromatic rings. The van der Waals surface area contributed by atoms with Crippen molar-refractivity contribution in [2.45, 2.75) is 4.90 Å². The molecule has 0 radical (unpaired) electrons. The molecule has 0 spiro atoms. The van der Waals surface area contributed by atoms with Crippen LogP contribution in [0.15, 0.2) is 102 Å². The molecular weight excluding hydrogens is 487 g/mol. The molecule has 0 saturated carbocycles. The molecule has 0 aliphatic heterocycles. The molecule has 4 aromatic carbocycles. The van der Waals surface area contributed by atoms with Crippen LogP contribution >= 0.6 is 18.4 Å². The van der Waals surface area contributed by atoms with Gasteiger partial charge in [0.05, 0.1) is 0 Å². The molecule has 0 amide bonds. The van der Waals surface area contributed by atoms with E-state index in [0.717, 1.165) is 0 Å². The number of aromatic hydroxyl groups is 1. The predicted octanol–water partition coefficient (Wildman–Crippen LogP) is 5.15. The first-order valence-corrected chi connectivity index (χ1v) is 15.0. The van der Waals surface area contributed by atoms with E-state index in [1.54, 1.807) is 78.9 Å². The third-order valence-electron chi connectivity index (χ3n) is 4.34. The zero-order valence-corrected chi connectivity index (χ0v) is 17.7. The van der Waals surface area contributed by atoms with E-state index >= 15 is 0 Å². The first-order chi connectivity index (χ1) is 13.4. The molecule has 0 aliphatic rings. The van der Waals surface area contributed by atoms with Crippen LogP contribution in [0.5, 0.6) is 5.75 Å². The summed E-state index contributed by atoms with van der Waals surface area (Å²) in [7, 11) is 0. The Morgan fingerprint density at radius 2 is 1.14 bits per heavy atom. The molecule has 4 nitrogen and oxygen atoms in total. The van der Waals surface area contributed by atoms with Crippen molar-refractivity contribution in [2.75, 3.05) is 0 Å². The topological polar surface area (TPSA) is 83.4 Å². The van der Waals surface area contributed by atoms with Gasteiger partial charge in [0.15, 0.2) is 0 Å². The summed E-state index contributed by atoms with van der Waals surface area (Å²) >= 11 is -3.50. The van der Waals surface area contributed by atoms with Crippen LogP contribution in [-0.2, 0) is 6.80 Å². The Kier molecular flexibility index (Phi) is 4.75. The van der Waals surface area contributed by atoms with Gasteiger partial charge >= 0.3 is 169 Å². The van der Waals surface area contributed by atoms with Gasteiger partial charge in [0.25, 0.3) is 0 Å². The Morgan fingerprint density at radius 1 is 0.643 bits per heavy atom. The molecule has 0 bridgehead atoms. The second-order valence-electron chi connectivity index (χ2n) is 6.19. The van der Waals surface area contributed by atoms with Gasteiger partial charge in [0, 0.05) is 0 Å². The van der Waals surface area contributed by atoms with Gasteiger partial charge in [0.2, 0.25) is 0 Å². The van der Waals surface area contributed by atoms with Crippen molar-refractivity contribution < 1.29 is 18.4 Å². The fourth-order valence-corrected chi connectivity index (χ4v) is 16.8. The standard InChI is InChI=1S/C22H19IO4S/c24-21-15-7-14-20-19(21)13-8-16-22(20)28(25,26,27)23(17-9-3-1-4-10-17)18-11-5-2-6-12-18/h1-16,24H,(H2,25,26,27)/p-2. The maximum absolute atomic E-state index is 13.9. The third-order valence-corrected chi connectivity index (χ3v) is 18.0. The number of benzene rings is 4. The Hall–Kier alpha value is -2.26. The van der Waals surface area contributed by atoms with Crippen molar-refractivity contribution >= 4 is 36.0 Å². The van der Waals surface area contributed by atoms with Crippen molar-refractivity contribution in [3.05, 3.63) is 104 Å². The van der Waals surface area contributed by atoms with Crippen molar-refractivity contribution in [3.63, 3.8) is 0 Å². The van der Waals surface area contributed by atoms with Crippen LogP contribution in [0.25, 0.3) is 10.8 Å². The molecule has 0 atom stereocenters. The summed E-state index contributed by atoms with van der Waals surface area (Å²) in [6.07, 6.45) is 0. The predicted molar refractivity (Wildman–Crippen MR) is 118 cm³/mol. The molecule has 28 heavy (non-hydrogen) atoms. The van der Waals surface area contributed by atoms with E-state index in [4.69, 9.17) is 0 Å². The molecule has 0 aromatic heterocycles. The third kappa shape index (κ3) is 3.22. The number of hydrogen-bond acceptors (Lipinski definition) is 4. The number of phenols is 1. The van der Waals surface area contributed by atoms with Crippen molar-refractivity contribution in [3.8, 4) is 5.75 Å². The first-order valence-electron chi connectivity index (χ1n) is 8.52. The Labute approximate surface area is 168 Å². The van der Waals surface area contributed by atoms with E-state index in [1.807, 2.05) is 0 Å². The number of rotatable bonds is 4. The second-order valence-corrected chi connectivity index (χ2v) is 18.6. The van der Waals surface area contributed by atoms with E-state index < -0.39 is 25.2 Å². The first kappa shape index (κ1) is 19.1. The van der Waals surface area contributed by atoms with Crippen LogP contribution in [0.4, 0.5) is 0 Å². The van der Waals surface area contributed by atoms with Crippen LogP contribution in [0.3, 0.4) is 0 Å². The van der Waals surface area contributed by atoms with Gasteiger partial charge < -0.3 is 0 Å². The van der Waals surface area contributed by atoms with E-state index in [0.29, 0.717) is 12.5 Å². The molecule has 0 fully saturated rings. The minimum atomic E-state index is -5.77. The van der Waals surface area contributed by atoms with Crippen molar-refractivity contribution in [1.29, 1.82) is 0 Å². The molecule has 0 aliphatic carbocycles. The van der Waals surface area contributed by atoms with E-state index in [2.05, 4.69) is 0 Å². The monoisotopic (exact) mass is 504 g/mol. The number of fused-ring (bicyclic) bond motifs is 1. The molecule has 6 heteroatoms. The summed E-state index contributed by atoms with van der Waals surface area (Å²) in [5.41, 5.74) is 0. The van der Waals surface area contributed by atoms with Gasteiger partial charge in [-0.3, -0.25) is 0 Å². The summed E-state index contributed by atoms with van der Waals surface area (Å²) < 4.78 is 42.8. The molecular formula is C22H17IO4S-2. The molecule has 0 unspecified atom stereocenters. The van der Waals surface area contributed by atoms with Gasteiger partial charge in [-0.15, -0.1) is 0 Å². The molecule has 0 saturated heterocycles. The quantitative estimate of drug-likeness (QED) is 0.308. The number of halogens is 1. The normalized spacial score (nSPS) is 13.6. The van der Waals surface area contributed by atoms with E-state index in [-0.39, 0.29) is 16.0 Å². The summed E-state index contributed by atoms with van der Waals surface area (Å²) in [6, 6.07) is 26.5. The fraction of sp³-hybridized carbons (Fsp3) is 0. The summed E-state index contributed by atoms with van der Waals surface area (Å²) in [6.45, 7) is -5.77. The van der Waals surface area contributed by atoms with Gasteiger partial charge in [0.1, 0.15) is 0 Å². The van der Waals surface area contributed by atoms with Gasteiger partial charge in [-0.05, 0) is 0 Å². The second kappa shape index (κ2) is 6.97. The maximum atomic E-state index is 13.9. The zero-order chi connectivity index (χ0) is 19.8. The number of phenolic OH excluding ortho intramolecular Hbond substituents is 1. The van der Waals surface area contributed by atoms with Gasteiger partial charge in [-0.2, -0.15) is 0 Å². The van der Waals surface area contributed by atoms with Crippen LogP contribution in [0, 0.1) is 7.14 Å². The Morgan fingerprint density at radius 3 is 1.71 bits per heavy atom. The Balaban J connectivity index is 2.06. The van der Waals surface area contributed by atoms with Crippen LogP contribution in [-0.4, -0.2) is 18.4 Å². The van der Waals surface area contributed by atoms with E-state index in [9.17, 15) is 18.4 Å². The summed E-state index contributed by atoms with van der Waals surface area (Å²) in [5.74, 6) is -0.0535. The van der Waals surface area contributed by atoms with Gasteiger partial charge in [-0.1, -0.05) is 0 Å². The van der Waals surface area contributed by atoms with Crippen LogP contribution in [0.1, 0.15) is 0 Å². The van der Waals surface area contributed by atoms with Crippen molar-refractivity contribution in [1.82, 2.24) is 0 Å². The average molecular weight is 504 g/mol. The number of hydrogen-bond donors (Lipinski definition) is 1. The SMILES string of the molecule is O=S([O-])([O-])(c1cccc2c(O)cccc12)I(c1ccccc1)c1ccccc1. The fourth-order valence-electron chi connectivity index (χ4n) is 3.12. The summed E-state index contributed by atoms with van der Waals surface area (Å²) in [4.78, 5) is -0.261. The molecule has 0 heterocycles.